The summed E-state index contributed by atoms with van der Waals surface area (Å²) in [6.45, 7) is 0. The number of hydrogen-bond donors (Lipinski definition) is 15. The number of thiocarbonyl (C=S) groups is 5. The average molecular weight is 1170 g/mol. The van der Waals surface area contributed by atoms with Crippen LogP contribution >= 0.6 is 61.1 Å². The third-order valence-electron chi connectivity index (χ3n) is 6.53. The van der Waals surface area contributed by atoms with Gasteiger partial charge in [0, 0.05) is 0 Å². The molecule has 0 amide bonds. The Hall–Kier alpha value is -4.39. The van der Waals surface area contributed by atoms with E-state index < -0.39 is 111 Å². The van der Waals surface area contributed by atoms with Crippen LogP contribution in [-0.2, 0) is 0 Å². The molecule has 62 heavy (non-hydrogen) atoms. The minimum atomic E-state index is -0.708. The quantitative estimate of drug-likeness (QED) is 0.0559. The van der Waals surface area contributed by atoms with Crippen LogP contribution in [0.3, 0.4) is 0 Å². The van der Waals surface area contributed by atoms with Gasteiger partial charge in [-0.2, -0.15) is 0 Å². The molecule has 0 aromatic heterocycles. The Morgan fingerprint density at radius 2 is 0.339 bits per heavy atom. The maximum Gasteiger partial charge on any atom is 3.00 e. The second-order valence-corrected chi connectivity index (χ2v) is 12.6. The van der Waals surface area contributed by atoms with Gasteiger partial charge in [-0.15, -0.1) is 0 Å². The van der Waals surface area contributed by atoms with Crippen molar-refractivity contribution in [1.29, 1.82) is 0 Å². The van der Waals surface area contributed by atoms with Gasteiger partial charge in [-0.25, -0.2) is 0 Å². The molecule has 0 unspecified atom stereocenters. The van der Waals surface area contributed by atoms with Crippen molar-refractivity contribution in [2.45, 2.75) is 0 Å². The first-order valence-electron chi connectivity index (χ1n) is 14.9. The van der Waals surface area contributed by atoms with E-state index in [9.17, 15) is 25.5 Å². The molecule has 324 valence electrons. The number of hydrogen-bond acceptors (Lipinski definition) is 25. The predicted molar refractivity (Wildman–Crippen MR) is 221 cm³/mol. The third-order valence-corrected chi connectivity index (χ3v) is 7.71. The van der Waals surface area contributed by atoms with Crippen LogP contribution in [0.1, 0.15) is 27.8 Å². The van der Waals surface area contributed by atoms with Crippen LogP contribution < -0.4 is 25.5 Å². The standard InChI is InChI=1S/5C7H6O4S.Eu.Sr/c5*8-4-1-3(7(11)12)2-5(9)6(4)10;;/h5*1-2,8-10H,(H,11,12);;/q;;;;;+3;+2/p-5. The second-order valence-electron chi connectivity index (χ2n) is 10.8. The fourth-order valence-electron chi connectivity index (χ4n) is 3.61. The number of phenolic OH excluding ortho intramolecular Hbond substituents is 15. The van der Waals surface area contributed by atoms with Crippen molar-refractivity contribution in [3.8, 4) is 86.2 Å². The Labute approximate surface area is 452 Å². The largest absolute Gasteiger partial charge is 3.00 e. The van der Waals surface area contributed by atoms with Crippen molar-refractivity contribution < 1.29 is 152 Å². The molecule has 0 atom stereocenters. The molecule has 27 heteroatoms. The van der Waals surface area contributed by atoms with Gasteiger partial charge in [0.1, 0.15) is 0 Å². The minimum Gasteiger partial charge on any atom is -0.864 e. The summed E-state index contributed by atoms with van der Waals surface area (Å²) in [5.74, 6) is -8.95. The van der Waals surface area contributed by atoms with Crippen molar-refractivity contribution in [3.05, 3.63) is 88.5 Å². The van der Waals surface area contributed by atoms with Crippen LogP contribution in [0.4, 0.5) is 0 Å². The van der Waals surface area contributed by atoms with Crippen LogP contribution in [0.15, 0.2) is 60.7 Å². The van der Waals surface area contributed by atoms with Gasteiger partial charge in [-0.1, -0.05) is 61.1 Å². The van der Waals surface area contributed by atoms with Crippen molar-refractivity contribution in [3.63, 3.8) is 0 Å². The molecule has 0 spiro atoms. The molecular formula is C35H25EuO20S5Sr. The summed E-state index contributed by atoms with van der Waals surface area (Å²) in [5.41, 5.74) is -0.149. The van der Waals surface area contributed by atoms with Crippen molar-refractivity contribution >= 4 is 132 Å². The monoisotopic (exact) mass is 1170 g/mol. The molecule has 5 aromatic rings. The zero-order valence-corrected chi connectivity index (χ0v) is 40.1. The van der Waals surface area contributed by atoms with E-state index >= 15 is 0 Å². The SMILES string of the molecule is [Eu+3].[O-]C(=S)c1cc(O)c(O)c(O)c1.[O-]C(=S)c1cc(O)c(O)c(O)c1.[O-]C(=S)c1cc(O)c(O)c(O)c1.[O-]C(=S)c1cc(O)c(O)c(O)c1.[O-]C(=S)c1cc(O)c(O)c(O)c1.[Sr+2]. The molecule has 5 rings (SSSR count). The minimum absolute atomic E-state index is 0. The van der Waals surface area contributed by atoms with Crippen LogP contribution in [0.2, 0.25) is 0 Å². The van der Waals surface area contributed by atoms with E-state index in [2.05, 4.69) is 61.1 Å². The van der Waals surface area contributed by atoms with Gasteiger partial charge < -0.3 is 102 Å². The molecule has 0 aliphatic heterocycles. The first kappa shape index (κ1) is 59.7. The number of benzene rings is 5. The summed E-state index contributed by atoms with van der Waals surface area (Å²) < 4.78 is 0. The fraction of sp³-hybridized carbons (Fsp3) is 0. The summed E-state index contributed by atoms with van der Waals surface area (Å²) in [6, 6.07) is 9.90. The first-order valence-corrected chi connectivity index (χ1v) is 17.0. The maximum atomic E-state index is 10.6. The normalized spacial score (nSPS) is 9.35. The summed E-state index contributed by atoms with van der Waals surface area (Å²) in [5, 5.41) is 183. The zero-order valence-electron chi connectivity index (χ0n) is 30.1. The molecule has 0 radical (unpaired) electrons. The molecule has 20 nitrogen and oxygen atoms in total. The van der Waals surface area contributed by atoms with Gasteiger partial charge >= 0.3 is 94.9 Å². The average Bonchev–Trinajstić information content (AvgIpc) is 3.15. The van der Waals surface area contributed by atoms with Crippen LogP contribution in [0, 0.1) is 49.4 Å². The smallest absolute Gasteiger partial charge is 0.864 e. The van der Waals surface area contributed by atoms with Crippen LogP contribution in [0.5, 0.6) is 86.2 Å². The maximum absolute atomic E-state index is 10.6. The molecule has 0 aliphatic carbocycles. The van der Waals surface area contributed by atoms with E-state index in [1.807, 2.05) is 0 Å². The summed E-state index contributed by atoms with van der Waals surface area (Å²) in [4.78, 5) is 0. The molecule has 0 bridgehead atoms. The summed E-state index contributed by atoms with van der Waals surface area (Å²) in [7, 11) is 0. The molecule has 0 aliphatic rings. The Morgan fingerprint density at radius 1 is 0.258 bits per heavy atom. The number of rotatable bonds is 5. The van der Waals surface area contributed by atoms with Gasteiger partial charge in [-0.05, 0) is 114 Å². The third kappa shape index (κ3) is 18.1. The Kier molecular flexibility index (Phi) is 25.9. The topological polar surface area (TPSA) is 419 Å². The molecule has 15 N–H and O–H groups in total. The van der Waals surface area contributed by atoms with E-state index in [0.29, 0.717) is 0 Å². The van der Waals surface area contributed by atoms with Crippen molar-refractivity contribution in [2.75, 3.05) is 0 Å². The van der Waals surface area contributed by atoms with Gasteiger partial charge in [0.15, 0.2) is 86.2 Å². The van der Waals surface area contributed by atoms with Gasteiger partial charge in [0.05, 0.1) is 0 Å². The van der Waals surface area contributed by atoms with E-state index in [4.69, 9.17) is 76.6 Å². The molecule has 0 fully saturated rings. The van der Waals surface area contributed by atoms with Crippen molar-refractivity contribution in [1.82, 2.24) is 0 Å². The van der Waals surface area contributed by atoms with Crippen molar-refractivity contribution in [2.24, 2.45) is 0 Å². The molecule has 0 heterocycles. The number of aromatic hydroxyl groups is 15. The van der Waals surface area contributed by atoms with Gasteiger partial charge in [0.2, 0.25) is 0 Å². The predicted octanol–water partition coefficient (Wildman–Crippen LogP) is -1.18. The molecule has 0 saturated carbocycles. The molecule has 5 aromatic carbocycles. The van der Waals surface area contributed by atoms with Gasteiger partial charge in [-0.3, -0.25) is 0 Å². The fourth-order valence-corrected chi connectivity index (χ4v) is 4.20. The Morgan fingerprint density at radius 3 is 0.403 bits per heavy atom. The Bertz CT molecular complexity index is 1960. The summed E-state index contributed by atoms with van der Waals surface area (Å²) >= 11 is 21.3. The Balaban J connectivity index is 0. The van der Waals surface area contributed by atoms with Crippen LogP contribution in [0.25, 0.3) is 0 Å². The zero-order chi connectivity index (χ0) is 46.5. The van der Waals surface area contributed by atoms with E-state index in [-0.39, 0.29) is 123 Å². The van der Waals surface area contributed by atoms with E-state index in [0.717, 1.165) is 60.7 Å². The molecular weight excluding hydrogens is 1140 g/mol. The van der Waals surface area contributed by atoms with E-state index in [1.54, 1.807) is 0 Å². The second kappa shape index (κ2) is 26.9. The van der Waals surface area contributed by atoms with Crippen LogP contribution in [-0.4, -0.2) is 147 Å². The summed E-state index contributed by atoms with van der Waals surface area (Å²) in [6.07, 6.45) is 0. The first-order chi connectivity index (χ1) is 27.6. The molecule has 0 saturated heterocycles. The number of phenols is 15. The van der Waals surface area contributed by atoms with E-state index in [1.165, 1.54) is 0 Å². The van der Waals surface area contributed by atoms with Gasteiger partial charge in [0.25, 0.3) is 0 Å².